The van der Waals surface area contributed by atoms with Gasteiger partial charge in [-0.1, -0.05) is 97.1 Å². The molecule has 0 saturated heterocycles. The van der Waals surface area contributed by atoms with Crippen LogP contribution in [0.5, 0.6) is 23.0 Å². The molecule has 0 aliphatic rings. The fourth-order valence-electron chi connectivity index (χ4n) is 7.12. The molecular formula is C64H68O24Sn3. The third-order valence-electron chi connectivity index (χ3n) is 11.8. The molecule has 8 aromatic rings. The third kappa shape index (κ3) is 36.4. The Bertz CT molecular complexity index is 3060. The molecule has 0 bridgehead atoms. The minimum Gasteiger partial charge on any atom is -2.00 e. The van der Waals surface area contributed by atoms with Gasteiger partial charge in [-0.15, -0.1) is 0 Å². The quantitative estimate of drug-likeness (QED) is 0.109. The second-order valence-electron chi connectivity index (χ2n) is 18.1. The average molecular weight is 1580 g/mol. The molecule has 8 aromatic carbocycles. The van der Waals surface area contributed by atoms with Crippen LogP contribution in [0.15, 0.2) is 146 Å². The maximum Gasteiger partial charge on any atom is 4.00 e. The zero-order valence-electron chi connectivity index (χ0n) is 51.6. The van der Waals surface area contributed by atoms with Crippen molar-refractivity contribution in [2.45, 2.75) is 79.1 Å². The monoisotopic (exact) mass is 1580 g/mol. The molecule has 0 aromatic heterocycles. The Kier molecular flexibility index (Phi) is 52.8. The van der Waals surface area contributed by atoms with Crippen LogP contribution in [0.1, 0.15) is 101 Å². The summed E-state index contributed by atoms with van der Waals surface area (Å²) in [5.41, 5.74) is 3.26. The Morgan fingerprint density at radius 3 is 0.527 bits per heavy atom. The molecule has 91 heavy (non-hydrogen) atoms. The largest absolute Gasteiger partial charge is 4.00 e. The van der Waals surface area contributed by atoms with Crippen molar-refractivity contribution in [1.29, 1.82) is 0 Å². The number of hydrogen-bond acceptors (Lipinski definition) is 16. The van der Waals surface area contributed by atoms with E-state index in [4.69, 9.17) is 79.0 Å². The zero-order chi connectivity index (χ0) is 64.0. The fraction of sp³-hybridized carbons (Fsp3) is 0.250. The molecule has 24 nitrogen and oxygen atoms in total. The van der Waals surface area contributed by atoms with Gasteiger partial charge in [0.15, 0.2) is 0 Å². The number of ether oxygens (including phenoxy) is 4. The smallest absolute Gasteiger partial charge is 2.00 e. The maximum atomic E-state index is 10.9. The number of carbonyl (C=O) groups is 8. The van der Waals surface area contributed by atoms with E-state index in [-0.39, 0.29) is 93.6 Å². The number of carboxylic acids is 8. The number of methoxy groups -OCH3 is 4. The van der Waals surface area contributed by atoms with Crippen LogP contribution < -0.4 is 39.4 Å². The van der Waals surface area contributed by atoms with Crippen molar-refractivity contribution in [2.75, 3.05) is 28.4 Å². The van der Waals surface area contributed by atoms with Gasteiger partial charge < -0.3 is 101 Å². The van der Waals surface area contributed by atoms with E-state index < -0.39 is 71.4 Å². The first-order valence-electron chi connectivity index (χ1n) is 25.3. The number of carbonyl (C=O) groups excluding carboxylic acids is 4. The summed E-state index contributed by atoms with van der Waals surface area (Å²) in [6, 6.07) is 45.7. The summed E-state index contributed by atoms with van der Waals surface area (Å²) in [6.07, 6.45) is 0. The predicted octanol–water partition coefficient (Wildman–Crippen LogP) is 5.55. The van der Waals surface area contributed by atoms with Crippen LogP contribution in [0.25, 0.3) is 43.1 Å². The average Bonchev–Trinajstić information content (AvgIpc) is 2.31. The Labute approximate surface area is 576 Å². The van der Waals surface area contributed by atoms with Gasteiger partial charge in [0.1, 0.15) is 23.0 Å². The topological polar surface area (TPSA) is 461 Å². The number of fused-ring (bicyclic) bond motifs is 4. The molecule has 0 aliphatic heterocycles. The second kappa shape index (κ2) is 49.7. The van der Waals surface area contributed by atoms with E-state index in [2.05, 4.69) is 0 Å². The van der Waals surface area contributed by atoms with Crippen LogP contribution in [0.2, 0.25) is 0 Å². The first-order valence-corrected chi connectivity index (χ1v) is 25.3. The van der Waals surface area contributed by atoms with Crippen molar-refractivity contribution >= 4 is 163 Å². The molecule has 0 unspecified atom stereocenters. The summed E-state index contributed by atoms with van der Waals surface area (Å²) in [5, 5.41) is 79.7. The van der Waals surface area contributed by atoms with Gasteiger partial charge >= 0.3 is 95.6 Å². The van der Waals surface area contributed by atoms with Gasteiger partial charge in [-0.25, -0.2) is 0 Å². The zero-order valence-corrected chi connectivity index (χ0v) is 60.2. The Morgan fingerprint density at radius 2 is 0.407 bits per heavy atom. The summed E-state index contributed by atoms with van der Waals surface area (Å²) in [4.78, 5) is 79.2. The van der Waals surface area contributed by atoms with E-state index in [0.717, 1.165) is 116 Å². The first kappa shape index (κ1) is 96.6. The van der Waals surface area contributed by atoms with E-state index in [1.54, 1.807) is 56.1 Å². The van der Waals surface area contributed by atoms with Gasteiger partial charge in [0.2, 0.25) is 0 Å². The summed E-state index contributed by atoms with van der Waals surface area (Å²) in [7, 11) is 6.51. The van der Waals surface area contributed by atoms with E-state index in [9.17, 15) is 19.2 Å². The molecule has 8 rings (SSSR count). The molecule has 0 amide bonds. The Hall–Kier alpha value is -8.00. The van der Waals surface area contributed by atoms with Crippen molar-refractivity contribution in [1.82, 2.24) is 0 Å². The van der Waals surface area contributed by atoms with Gasteiger partial charge in [-0.3, -0.25) is 19.2 Å². The minimum atomic E-state index is -1.08. The maximum absolute atomic E-state index is 10.9. The molecule has 0 heterocycles. The normalized spacial score (nSPS) is 10.3. The number of rotatable bonds is 12. The van der Waals surface area contributed by atoms with Crippen LogP contribution in [-0.4, -0.2) is 168 Å². The van der Waals surface area contributed by atoms with Crippen LogP contribution in [0.4, 0.5) is 0 Å². The minimum absolute atomic E-state index is 0. The molecule has 4 atom stereocenters. The molecule has 0 aliphatic carbocycles. The van der Waals surface area contributed by atoms with Crippen molar-refractivity contribution in [3.05, 3.63) is 168 Å². The van der Waals surface area contributed by atoms with Gasteiger partial charge in [-0.05, 0) is 169 Å². The summed E-state index contributed by atoms with van der Waals surface area (Å²) in [5.74, 6) is -6.29. The van der Waals surface area contributed by atoms with Gasteiger partial charge in [0.25, 0.3) is 0 Å². The van der Waals surface area contributed by atoms with E-state index in [0.29, 0.717) is 0 Å². The van der Waals surface area contributed by atoms with Crippen molar-refractivity contribution < 1.29 is 120 Å². The molecule has 0 spiro atoms. The summed E-state index contributed by atoms with van der Waals surface area (Å²) >= 11 is 0. The van der Waals surface area contributed by atoms with Crippen molar-refractivity contribution in [3.63, 3.8) is 0 Å². The number of benzene rings is 8. The number of hydrogen-bond donors (Lipinski definition) is 4. The van der Waals surface area contributed by atoms with Gasteiger partial charge in [0.05, 0.1) is 52.1 Å². The van der Waals surface area contributed by atoms with Crippen LogP contribution in [0.3, 0.4) is 0 Å². The number of carboxylic acid groups (broad SMARTS) is 8. The molecule has 0 fully saturated rings. The van der Waals surface area contributed by atoms with E-state index in [1.165, 1.54) is 0 Å². The Morgan fingerprint density at radius 1 is 0.286 bits per heavy atom. The van der Waals surface area contributed by atoms with E-state index >= 15 is 0 Å². The summed E-state index contributed by atoms with van der Waals surface area (Å²) < 4.78 is 20.6. The molecular weight excluding hydrogens is 1510 g/mol. The van der Waals surface area contributed by atoms with Gasteiger partial charge in [0, 0.05) is 23.9 Å². The fourth-order valence-corrected chi connectivity index (χ4v) is 7.12. The molecule has 480 valence electrons. The first-order chi connectivity index (χ1) is 39.4. The Balaban J connectivity index is -0.000000187. The van der Waals surface area contributed by atoms with Gasteiger partial charge in [-0.2, -0.15) is 0 Å². The third-order valence-corrected chi connectivity index (χ3v) is 11.8. The molecule has 4 N–H and O–H groups in total. The van der Waals surface area contributed by atoms with Crippen molar-refractivity contribution in [2.24, 2.45) is 0 Å². The van der Waals surface area contributed by atoms with Crippen molar-refractivity contribution in [3.8, 4) is 23.0 Å². The SMILES string of the molecule is CC(=O)[O-].CC(=O)[O-].CC(=O)[O-].CC(=O)[O-].COc1ccc2cc([C@H](C)C(=O)O)ccc2c1.COc1ccc2cc([C@H](C)C(=O)O)ccc2c1.COc1ccc2cc([C@H](C)C(=O)O)ccc2c1.COc1ccc2cc([C@H](C)C(=O)O)ccc2c1.[O-2].[O-2].[O-2].[O-2].[Sn+4].[Sn+4].[Sn+4]. The second-order valence-corrected chi connectivity index (χ2v) is 18.1. The standard InChI is InChI=1S/4C14H14O3.4C2H4O2.4O.3Sn/c4*1-9(14(15)16)10-3-4-12-8-13(17-2)6-5-11(12)7-10;4*1-2(3)4;;;;;;;/h4*3-9H,1-2H3,(H,15,16);4*1H3,(H,3,4);;;;;;;/q;;;;;;;;4*-2;3*+4/p-4/t4*9-;;;;;;;;;;;/m0000.........../s1. The molecule has 0 radical (unpaired) electrons. The van der Waals surface area contributed by atoms with E-state index in [1.807, 2.05) is 146 Å². The summed E-state index contributed by atoms with van der Waals surface area (Å²) in [6.45, 7) is 10.6. The van der Waals surface area contributed by atoms with Crippen LogP contribution in [-0.2, 0) is 60.3 Å². The van der Waals surface area contributed by atoms with Crippen LogP contribution in [0, 0.1) is 0 Å². The predicted molar refractivity (Wildman–Crippen MR) is 329 cm³/mol. The molecule has 0 saturated carbocycles. The van der Waals surface area contributed by atoms with Crippen LogP contribution >= 0.6 is 0 Å². The molecule has 27 heteroatoms. The number of aliphatic carboxylic acids is 8.